The van der Waals surface area contributed by atoms with E-state index in [1.54, 1.807) is 11.1 Å². The highest BCUT2D eigenvalue weighted by Gasteiger charge is 2.63. The van der Waals surface area contributed by atoms with Gasteiger partial charge in [0.25, 0.3) is 0 Å². The maximum Gasteiger partial charge on any atom is 0.130 e. The van der Waals surface area contributed by atoms with Crippen LogP contribution in [0.4, 0.5) is 0 Å². The molecule has 4 aliphatic carbocycles. The van der Waals surface area contributed by atoms with Gasteiger partial charge in [-0.2, -0.15) is 0 Å². The summed E-state index contributed by atoms with van der Waals surface area (Å²) in [5.41, 5.74) is 2.15. The molecule has 0 amide bonds. The first-order valence-corrected chi connectivity index (χ1v) is 10.6. The summed E-state index contributed by atoms with van der Waals surface area (Å²) in [5, 5.41) is 21.4. The molecule has 0 saturated heterocycles. The van der Waals surface area contributed by atoms with Crippen molar-refractivity contribution in [2.75, 3.05) is 0 Å². The molecule has 7 atom stereocenters. The van der Waals surface area contributed by atoms with Crippen molar-refractivity contribution in [3.8, 4) is 12.3 Å². The SMILES string of the molecule is C#C[C@@]1(O)CC[C@H]2[C@@H]3CCC4=C(CC[C@H](O)C4)[C@H]3[C@@H](CCC=C)C[C@@]21C. The first-order valence-electron chi connectivity index (χ1n) is 10.6. The maximum atomic E-state index is 11.3. The molecular weight excluding hydrogens is 320 g/mol. The van der Waals surface area contributed by atoms with Gasteiger partial charge in [0.1, 0.15) is 5.60 Å². The molecule has 142 valence electrons. The highest BCUT2D eigenvalue weighted by atomic mass is 16.3. The Balaban J connectivity index is 1.73. The summed E-state index contributed by atoms with van der Waals surface area (Å²) in [5.74, 6) is 5.22. The van der Waals surface area contributed by atoms with E-state index in [1.165, 1.54) is 6.42 Å². The van der Waals surface area contributed by atoms with Gasteiger partial charge in [-0.15, -0.1) is 13.0 Å². The van der Waals surface area contributed by atoms with Crippen LogP contribution in [0.15, 0.2) is 23.8 Å². The molecule has 2 fully saturated rings. The van der Waals surface area contributed by atoms with E-state index in [2.05, 4.69) is 19.4 Å². The lowest BCUT2D eigenvalue weighted by Gasteiger charge is -2.56. The summed E-state index contributed by atoms with van der Waals surface area (Å²) in [6, 6.07) is 0. The average molecular weight is 355 g/mol. The molecule has 2 heteroatoms. The molecule has 4 rings (SSSR count). The molecule has 2 nitrogen and oxygen atoms in total. The van der Waals surface area contributed by atoms with Crippen LogP contribution in [0, 0.1) is 41.4 Å². The first kappa shape index (κ1) is 18.3. The Hall–Kier alpha value is -1.04. The lowest BCUT2D eigenvalue weighted by molar-refractivity contribution is -0.0943. The second-order valence-corrected chi connectivity index (χ2v) is 9.65. The Bertz CT molecular complexity index is 656. The zero-order valence-corrected chi connectivity index (χ0v) is 16.2. The predicted octanol–water partition coefficient (Wildman–Crippen LogP) is 4.62. The normalized spacial score (nSPS) is 47.5. The van der Waals surface area contributed by atoms with Gasteiger partial charge in [0.15, 0.2) is 0 Å². The molecule has 0 aromatic carbocycles. The van der Waals surface area contributed by atoms with E-state index in [0.717, 1.165) is 57.8 Å². The van der Waals surface area contributed by atoms with Crippen molar-refractivity contribution in [3.05, 3.63) is 23.8 Å². The van der Waals surface area contributed by atoms with Crippen LogP contribution in [0.25, 0.3) is 0 Å². The number of rotatable bonds is 3. The van der Waals surface area contributed by atoms with E-state index in [1.807, 2.05) is 6.08 Å². The van der Waals surface area contributed by atoms with Crippen LogP contribution in [0.5, 0.6) is 0 Å². The third-order valence-corrected chi connectivity index (χ3v) is 8.60. The summed E-state index contributed by atoms with van der Waals surface area (Å²) in [6.07, 6.45) is 18.0. The summed E-state index contributed by atoms with van der Waals surface area (Å²) in [7, 11) is 0. The Morgan fingerprint density at radius 3 is 2.85 bits per heavy atom. The molecule has 0 unspecified atom stereocenters. The van der Waals surface area contributed by atoms with Crippen LogP contribution in [-0.4, -0.2) is 21.9 Å². The molecule has 0 aromatic heterocycles. The molecule has 0 aliphatic heterocycles. The van der Waals surface area contributed by atoms with E-state index in [-0.39, 0.29) is 11.5 Å². The zero-order valence-electron chi connectivity index (χ0n) is 16.2. The van der Waals surface area contributed by atoms with E-state index < -0.39 is 5.60 Å². The van der Waals surface area contributed by atoms with Gasteiger partial charge in [-0.1, -0.05) is 30.1 Å². The van der Waals surface area contributed by atoms with Crippen LogP contribution in [0.3, 0.4) is 0 Å². The van der Waals surface area contributed by atoms with Gasteiger partial charge in [0.2, 0.25) is 0 Å². The van der Waals surface area contributed by atoms with Gasteiger partial charge in [0.05, 0.1) is 6.10 Å². The second kappa shape index (κ2) is 6.54. The fourth-order valence-electron chi connectivity index (χ4n) is 7.35. The molecule has 0 heterocycles. The van der Waals surface area contributed by atoms with E-state index in [0.29, 0.717) is 23.7 Å². The van der Waals surface area contributed by atoms with Crippen LogP contribution in [-0.2, 0) is 0 Å². The largest absolute Gasteiger partial charge is 0.393 e. The second-order valence-electron chi connectivity index (χ2n) is 9.65. The van der Waals surface area contributed by atoms with Crippen LogP contribution >= 0.6 is 0 Å². The highest BCUT2D eigenvalue weighted by Crippen LogP contribution is 2.66. The number of fused-ring (bicyclic) bond motifs is 4. The van der Waals surface area contributed by atoms with Crippen LogP contribution in [0.2, 0.25) is 0 Å². The van der Waals surface area contributed by atoms with Crippen molar-refractivity contribution >= 4 is 0 Å². The van der Waals surface area contributed by atoms with E-state index in [9.17, 15) is 10.2 Å². The number of terminal acetylenes is 1. The standard InChI is InChI=1S/C24H34O2/c1-4-6-7-17-15-23(3)21(12-13-24(23,26)5-2)20-10-8-16-14-18(25)9-11-19(16)22(17)20/h2,4,17-18,20-22,25-26H,1,6-15H2,3H3/t17-,18-,20-,21-,22+,23-,24+/m0/s1. The minimum atomic E-state index is -0.938. The van der Waals surface area contributed by atoms with Crippen molar-refractivity contribution in [2.45, 2.75) is 82.8 Å². The van der Waals surface area contributed by atoms with Crippen LogP contribution < -0.4 is 0 Å². The quantitative estimate of drug-likeness (QED) is 0.573. The van der Waals surface area contributed by atoms with Crippen LogP contribution in [0.1, 0.15) is 71.1 Å². The Labute approximate surface area is 158 Å². The van der Waals surface area contributed by atoms with Gasteiger partial charge < -0.3 is 10.2 Å². The topological polar surface area (TPSA) is 40.5 Å². The minimum Gasteiger partial charge on any atom is -0.393 e. The predicted molar refractivity (Wildman–Crippen MR) is 105 cm³/mol. The third kappa shape index (κ3) is 2.54. The molecule has 0 bridgehead atoms. The van der Waals surface area contributed by atoms with E-state index in [4.69, 9.17) is 6.42 Å². The van der Waals surface area contributed by atoms with Gasteiger partial charge in [-0.25, -0.2) is 0 Å². The van der Waals surface area contributed by atoms with Gasteiger partial charge in [-0.05, 0) is 87.9 Å². The van der Waals surface area contributed by atoms with Crippen molar-refractivity contribution in [3.63, 3.8) is 0 Å². The zero-order chi connectivity index (χ0) is 18.5. The number of hydrogen-bond donors (Lipinski definition) is 2. The van der Waals surface area contributed by atoms with Crippen molar-refractivity contribution in [1.82, 2.24) is 0 Å². The Morgan fingerprint density at radius 1 is 1.31 bits per heavy atom. The third-order valence-electron chi connectivity index (χ3n) is 8.60. The Kier molecular flexibility index (Phi) is 4.61. The molecule has 0 aromatic rings. The number of aliphatic hydroxyl groups is 2. The summed E-state index contributed by atoms with van der Waals surface area (Å²) >= 11 is 0. The van der Waals surface area contributed by atoms with Crippen molar-refractivity contribution in [1.29, 1.82) is 0 Å². The molecule has 2 N–H and O–H groups in total. The maximum absolute atomic E-state index is 11.3. The molecule has 2 saturated carbocycles. The van der Waals surface area contributed by atoms with Crippen molar-refractivity contribution in [2.24, 2.45) is 29.1 Å². The molecular formula is C24H34O2. The fraction of sp³-hybridized carbons (Fsp3) is 0.750. The lowest BCUT2D eigenvalue weighted by atomic mass is 9.48. The van der Waals surface area contributed by atoms with Crippen molar-refractivity contribution < 1.29 is 10.2 Å². The first-order chi connectivity index (χ1) is 12.4. The number of hydrogen-bond acceptors (Lipinski definition) is 2. The van der Waals surface area contributed by atoms with Gasteiger partial charge in [0, 0.05) is 5.41 Å². The van der Waals surface area contributed by atoms with E-state index >= 15 is 0 Å². The lowest BCUT2D eigenvalue weighted by Crippen LogP contribution is -2.54. The highest BCUT2D eigenvalue weighted by molar-refractivity contribution is 5.31. The van der Waals surface area contributed by atoms with Gasteiger partial charge in [-0.3, -0.25) is 0 Å². The fourth-order valence-corrected chi connectivity index (χ4v) is 7.35. The van der Waals surface area contributed by atoms with Gasteiger partial charge >= 0.3 is 0 Å². The average Bonchev–Trinajstić information content (AvgIpc) is 2.90. The monoisotopic (exact) mass is 354 g/mol. The summed E-state index contributed by atoms with van der Waals surface area (Å²) < 4.78 is 0. The number of allylic oxidation sites excluding steroid dienone is 2. The molecule has 0 spiro atoms. The summed E-state index contributed by atoms with van der Waals surface area (Å²) in [4.78, 5) is 0. The molecule has 4 aliphatic rings. The molecule has 26 heavy (non-hydrogen) atoms. The molecule has 0 radical (unpaired) electrons. The Morgan fingerprint density at radius 2 is 2.12 bits per heavy atom. The minimum absolute atomic E-state index is 0.135. The smallest absolute Gasteiger partial charge is 0.130 e. The number of aliphatic hydroxyl groups excluding tert-OH is 1. The summed E-state index contributed by atoms with van der Waals surface area (Å²) in [6.45, 7) is 6.22.